The molecular weight excluding hydrogens is 182 g/mol. The summed E-state index contributed by atoms with van der Waals surface area (Å²) in [6.45, 7) is 1.78. The lowest BCUT2D eigenvalue weighted by Crippen LogP contribution is -2.04. The van der Waals surface area contributed by atoms with Crippen molar-refractivity contribution in [1.82, 2.24) is 20.1 Å². The maximum Gasteiger partial charge on any atom is 0.243 e. The van der Waals surface area contributed by atoms with Crippen LogP contribution in [0.5, 0.6) is 0 Å². The number of hydrogen-bond donors (Lipinski definition) is 1. The molecule has 0 spiro atoms. The van der Waals surface area contributed by atoms with Crippen molar-refractivity contribution in [2.24, 2.45) is 5.73 Å². The third kappa shape index (κ3) is 1.60. The zero-order valence-corrected chi connectivity index (χ0v) is 7.58. The highest BCUT2D eigenvalue weighted by molar-refractivity contribution is 5.50. The summed E-state index contributed by atoms with van der Waals surface area (Å²) in [5, 5.41) is 3.76. The molecule has 0 saturated carbocycles. The van der Waals surface area contributed by atoms with Gasteiger partial charge in [-0.2, -0.15) is 4.98 Å². The van der Waals surface area contributed by atoms with Crippen molar-refractivity contribution in [2.45, 2.75) is 13.0 Å². The molecule has 0 aliphatic carbocycles. The Balaban J connectivity index is 2.34. The summed E-state index contributed by atoms with van der Waals surface area (Å²) in [5.41, 5.74) is 6.29. The fourth-order valence-electron chi connectivity index (χ4n) is 0.952. The van der Waals surface area contributed by atoms with E-state index in [0.717, 1.165) is 0 Å². The normalized spacial score (nSPS) is 12.7. The van der Waals surface area contributed by atoms with Crippen molar-refractivity contribution in [3.63, 3.8) is 0 Å². The predicted octanol–water partition coefficient (Wildman–Crippen LogP) is 0.546. The summed E-state index contributed by atoms with van der Waals surface area (Å²) in [6.07, 6.45) is 4.67. The van der Waals surface area contributed by atoms with E-state index in [-0.39, 0.29) is 6.04 Å². The van der Waals surface area contributed by atoms with E-state index in [9.17, 15) is 0 Å². The van der Waals surface area contributed by atoms with Gasteiger partial charge in [0.05, 0.1) is 11.6 Å². The summed E-state index contributed by atoms with van der Waals surface area (Å²) >= 11 is 0. The molecule has 0 unspecified atom stereocenters. The average molecular weight is 191 g/mol. The van der Waals surface area contributed by atoms with E-state index in [2.05, 4.69) is 20.1 Å². The molecule has 6 nitrogen and oxygen atoms in total. The average Bonchev–Trinajstić information content (AvgIpc) is 2.68. The van der Waals surface area contributed by atoms with Gasteiger partial charge in [-0.15, -0.1) is 0 Å². The van der Waals surface area contributed by atoms with Gasteiger partial charge < -0.3 is 10.3 Å². The van der Waals surface area contributed by atoms with E-state index in [0.29, 0.717) is 17.3 Å². The van der Waals surface area contributed by atoms with Crippen LogP contribution in [0, 0.1) is 0 Å². The van der Waals surface area contributed by atoms with E-state index in [1.54, 1.807) is 19.3 Å². The van der Waals surface area contributed by atoms with E-state index in [1.807, 2.05) is 0 Å². The molecule has 0 aromatic carbocycles. The largest absolute Gasteiger partial charge is 0.337 e. The van der Waals surface area contributed by atoms with Crippen molar-refractivity contribution in [1.29, 1.82) is 0 Å². The van der Waals surface area contributed by atoms with Gasteiger partial charge in [0.15, 0.2) is 0 Å². The Kier molecular flexibility index (Phi) is 2.19. The summed E-state index contributed by atoms with van der Waals surface area (Å²) in [4.78, 5) is 11.8. The third-order valence-corrected chi connectivity index (χ3v) is 1.65. The zero-order valence-electron chi connectivity index (χ0n) is 7.58. The minimum absolute atomic E-state index is 0.263. The molecule has 14 heavy (non-hydrogen) atoms. The number of nitrogens with two attached hydrogens (primary N) is 1. The number of rotatable bonds is 2. The third-order valence-electron chi connectivity index (χ3n) is 1.65. The number of hydrogen-bond acceptors (Lipinski definition) is 6. The van der Waals surface area contributed by atoms with E-state index >= 15 is 0 Å². The van der Waals surface area contributed by atoms with Crippen LogP contribution < -0.4 is 5.73 Å². The quantitative estimate of drug-likeness (QED) is 0.745. The van der Waals surface area contributed by atoms with Gasteiger partial charge >= 0.3 is 0 Å². The molecule has 6 heteroatoms. The van der Waals surface area contributed by atoms with Gasteiger partial charge in [0.1, 0.15) is 6.33 Å². The minimum atomic E-state index is -0.263. The van der Waals surface area contributed by atoms with Crippen LogP contribution in [0.15, 0.2) is 23.2 Å². The van der Waals surface area contributed by atoms with E-state index in [1.165, 1.54) is 6.33 Å². The van der Waals surface area contributed by atoms with Crippen LogP contribution in [0.2, 0.25) is 0 Å². The molecule has 1 atom stereocenters. The molecule has 0 amide bonds. The van der Waals surface area contributed by atoms with Crippen LogP contribution in [-0.2, 0) is 0 Å². The van der Waals surface area contributed by atoms with Crippen molar-refractivity contribution in [3.8, 4) is 11.4 Å². The molecule has 0 radical (unpaired) electrons. The fourth-order valence-corrected chi connectivity index (χ4v) is 0.952. The van der Waals surface area contributed by atoms with Crippen molar-refractivity contribution in [3.05, 3.63) is 24.6 Å². The highest BCUT2D eigenvalue weighted by atomic mass is 16.5. The molecule has 2 heterocycles. The Labute approximate surface area is 80.2 Å². The number of nitrogens with zero attached hydrogens (tertiary/aromatic N) is 4. The van der Waals surface area contributed by atoms with Gasteiger partial charge in [0.25, 0.3) is 0 Å². The van der Waals surface area contributed by atoms with Crippen molar-refractivity contribution in [2.75, 3.05) is 0 Å². The molecule has 2 rings (SSSR count). The van der Waals surface area contributed by atoms with Gasteiger partial charge in [-0.25, -0.2) is 9.97 Å². The van der Waals surface area contributed by atoms with Crippen LogP contribution >= 0.6 is 0 Å². The van der Waals surface area contributed by atoms with Gasteiger partial charge in [-0.1, -0.05) is 5.16 Å². The van der Waals surface area contributed by atoms with Crippen LogP contribution in [-0.4, -0.2) is 20.1 Å². The molecule has 0 fully saturated rings. The molecule has 72 valence electrons. The highest BCUT2D eigenvalue weighted by Gasteiger charge is 2.11. The second kappa shape index (κ2) is 3.51. The lowest BCUT2D eigenvalue weighted by molar-refractivity contribution is 0.362. The summed E-state index contributed by atoms with van der Waals surface area (Å²) in [6, 6.07) is -0.263. The predicted molar refractivity (Wildman–Crippen MR) is 47.9 cm³/mol. The molecule has 0 aliphatic rings. The van der Waals surface area contributed by atoms with Crippen LogP contribution in [0.1, 0.15) is 18.9 Å². The second-order valence-electron chi connectivity index (χ2n) is 2.87. The Morgan fingerprint density at radius 2 is 2.07 bits per heavy atom. The maximum absolute atomic E-state index is 5.58. The van der Waals surface area contributed by atoms with Gasteiger partial charge in [0.2, 0.25) is 11.7 Å². The summed E-state index contributed by atoms with van der Waals surface area (Å²) in [7, 11) is 0. The standard InChI is InChI=1S/C8H9N5O/c1-5(9)8-12-7(13-14-8)6-2-10-4-11-3-6/h2-5H,9H2,1H3/t5-/m1/s1. The fraction of sp³-hybridized carbons (Fsp3) is 0.250. The van der Waals surface area contributed by atoms with Crippen molar-refractivity contribution < 1.29 is 4.52 Å². The molecule has 0 saturated heterocycles. The first-order valence-electron chi connectivity index (χ1n) is 4.12. The van der Waals surface area contributed by atoms with Gasteiger partial charge in [-0.05, 0) is 6.92 Å². The van der Waals surface area contributed by atoms with Crippen LogP contribution in [0.25, 0.3) is 11.4 Å². The Hall–Kier alpha value is -1.82. The van der Waals surface area contributed by atoms with Gasteiger partial charge in [0, 0.05) is 12.4 Å². The zero-order chi connectivity index (χ0) is 9.97. The lowest BCUT2D eigenvalue weighted by atomic mass is 10.3. The number of aromatic nitrogens is 4. The first-order valence-corrected chi connectivity index (χ1v) is 4.12. The second-order valence-corrected chi connectivity index (χ2v) is 2.87. The molecule has 0 aliphatic heterocycles. The van der Waals surface area contributed by atoms with Crippen molar-refractivity contribution >= 4 is 0 Å². The monoisotopic (exact) mass is 191 g/mol. The van der Waals surface area contributed by atoms with Crippen LogP contribution in [0.3, 0.4) is 0 Å². The Bertz CT molecular complexity index is 411. The first-order chi connectivity index (χ1) is 6.77. The summed E-state index contributed by atoms with van der Waals surface area (Å²) in [5.74, 6) is 0.863. The van der Waals surface area contributed by atoms with Gasteiger partial charge in [-0.3, -0.25) is 0 Å². The maximum atomic E-state index is 5.58. The molecular formula is C8H9N5O. The first kappa shape index (κ1) is 8.76. The SMILES string of the molecule is C[C@@H](N)c1nc(-c2cncnc2)no1. The topological polar surface area (TPSA) is 90.7 Å². The van der Waals surface area contributed by atoms with E-state index < -0.39 is 0 Å². The lowest BCUT2D eigenvalue weighted by Gasteiger charge is -1.93. The summed E-state index contributed by atoms with van der Waals surface area (Å²) < 4.78 is 4.94. The molecule has 2 aromatic rings. The smallest absolute Gasteiger partial charge is 0.243 e. The van der Waals surface area contributed by atoms with E-state index in [4.69, 9.17) is 10.3 Å². The Morgan fingerprint density at radius 1 is 1.36 bits per heavy atom. The Morgan fingerprint density at radius 3 is 2.64 bits per heavy atom. The minimum Gasteiger partial charge on any atom is -0.337 e. The molecule has 2 aromatic heterocycles. The molecule has 2 N–H and O–H groups in total. The highest BCUT2D eigenvalue weighted by Crippen LogP contribution is 2.15. The van der Waals surface area contributed by atoms with Crippen LogP contribution in [0.4, 0.5) is 0 Å². The molecule has 0 bridgehead atoms.